The number of hydrogen-bond acceptors (Lipinski definition) is 6. The third-order valence-electron chi connectivity index (χ3n) is 7.38. The van der Waals surface area contributed by atoms with Crippen molar-refractivity contribution in [3.8, 4) is 0 Å². The van der Waals surface area contributed by atoms with E-state index in [0.29, 0.717) is 12.1 Å². The van der Waals surface area contributed by atoms with Crippen molar-refractivity contribution in [2.24, 2.45) is 29.1 Å². The highest BCUT2D eigenvalue weighted by molar-refractivity contribution is 6.06. The Labute approximate surface area is 192 Å². The van der Waals surface area contributed by atoms with E-state index in [2.05, 4.69) is 22.5 Å². The Hall–Kier alpha value is -3.29. The molecule has 0 spiro atoms. The summed E-state index contributed by atoms with van der Waals surface area (Å²) in [6.45, 7) is 3.80. The summed E-state index contributed by atoms with van der Waals surface area (Å²) in [6, 6.07) is 9.52. The highest BCUT2D eigenvalue weighted by Crippen LogP contribution is 2.52. The highest BCUT2D eigenvalue weighted by atomic mass is 16.5. The van der Waals surface area contributed by atoms with Crippen molar-refractivity contribution in [3.63, 3.8) is 0 Å². The molecular formula is C25H28N4O4. The van der Waals surface area contributed by atoms with Gasteiger partial charge in [0.2, 0.25) is 11.8 Å². The van der Waals surface area contributed by atoms with Gasteiger partial charge in [-0.2, -0.15) is 0 Å². The number of aromatic nitrogens is 3. The van der Waals surface area contributed by atoms with Gasteiger partial charge < -0.3 is 4.74 Å². The number of amides is 2. The van der Waals surface area contributed by atoms with Crippen molar-refractivity contribution < 1.29 is 19.1 Å². The first kappa shape index (κ1) is 21.6. The molecule has 33 heavy (non-hydrogen) atoms. The van der Waals surface area contributed by atoms with Gasteiger partial charge in [0.05, 0.1) is 43.1 Å². The molecule has 1 aromatic carbocycles. The minimum Gasteiger partial charge on any atom is -0.469 e. The lowest BCUT2D eigenvalue weighted by Gasteiger charge is -2.27. The Morgan fingerprint density at radius 2 is 1.76 bits per heavy atom. The topological polar surface area (TPSA) is 94.4 Å². The third kappa shape index (κ3) is 3.57. The summed E-state index contributed by atoms with van der Waals surface area (Å²) in [6.07, 6.45) is 7.31. The van der Waals surface area contributed by atoms with Crippen LogP contribution in [0.25, 0.3) is 0 Å². The van der Waals surface area contributed by atoms with Crippen LogP contribution >= 0.6 is 0 Å². The fourth-order valence-electron chi connectivity index (χ4n) is 5.70. The van der Waals surface area contributed by atoms with E-state index in [1.54, 1.807) is 10.9 Å². The molecule has 5 unspecified atom stereocenters. The van der Waals surface area contributed by atoms with Crippen LogP contribution in [0.5, 0.6) is 0 Å². The molecule has 2 fully saturated rings. The SMILES string of the molecule is COC(=O)C(C)(C)CC(c1ccccc1)n1cc(CN2C(=O)C3C4C=CC(C4)C3C2=O)nn1. The van der Waals surface area contributed by atoms with Crippen LogP contribution < -0.4 is 0 Å². The molecule has 2 heterocycles. The fourth-order valence-corrected chi connectivity index (χ4v) is 5.70. The second-order valence-corrected chi connectivity index (χ2v) is 9.96. The van der Waals surface area contributed by atoms with E-state index < -0.39 is 5.41 Å². The number of nitrogens with zero attached hydrogens (tertiary/aromatic N) is 4. The molecule has 3 aliphatic rings. The molecule has 1 saturated heterocycles. The zero-order valence-electron chi connectivity index (χ0n) is 19.0. The van der Waals surface area contributed by atoms with E-state index >= 15 is 0 Å². The first-order valence-electron chi connectivity index (χ1n) is 11.4. The average molecular weight is 449 g/mol. The maximum absolute atomic E-state index is 13.0. The standard InChI is InChI=1S/C25H28N4O4/c1-25(2,24(32)33-3)12-19(15-7-5-4-6-8-15)29-14-18(26-27-29)13-28-22(30)20-16-9-10-17(11-16)21(20)23(28)31/h4-10,14,16-17,19-21H,11-13H2,1-3H3. The normalized spacial score (nSPS) is 26.7. The molecule has 1 aliphatic heterocycles. The van der Waals surface area contributed by atoms with Gasteiger partial charge in [0, 0.05) is 0 Å². The Kier molecular flexibility index (Phi) is 5.18. The van der Waals surface area contributed by atoms with E-state index in [1.165, 1.54) is 12.0 Å². The van der Waals surface area contributed by atoms with Crippen LogP contribution in [0, 0.1) is 29.1 Å². The van der Waals surface area contributed by atoms with Crippen molar-refractivity contribution in [2.45, 2.75) is 39.3 Å². The molecule has 8 heteroatoms. The van der Waals surface area contributed by atoms with Crippen molar-refractivity contribution in [2.75, 3.05) is 7.11 Å². The molecule has 0 radical (unpaired) electrons. The van der Waals surface area contributed by atoms with Crippen LogP contribution in [-0.4, -0.2) is 44.8 Å². The predicted molar refractivity (Wildman–Crippen MR) is 118 cm³/mol. The van der Waals surface area contributed by atoms with Gasteiger partial charge >= 0.3 is 5.97 Å². The number of rotatable bonds is 7. The van der Waals surface area contributed by atoms with E-state index in [1.807, 2.05) is 44.2 Å². The molecule has 1 aromatic heterocycles. The number of esters is 1. The summed E-state index contributed by atoms with van der Waals surface area (Å²) in [5.74, 6) is -0.571. The number of benzene rings is 1. The number of allylic oxidation sites excluding steroid dienone is 2. The van der Waals surface area contributed by atoms with E-state index in [4.69, 9.17) is 4.74 Å². The average Bonchev–Trinajstić information content (AvgIpc) is 3.59. The van der Waals surface area contributed by atoms with Crippen LogP contribution in [0.15, 0.2) is 48.7 Å². The smallest absolute Gasteiger partial charge is 0.311 e. The number of methoxy groups -OCH3 is 1. The maximum atomic E-state index is 13.0. The first-order valence-corrected chi connectivity index (χ1v) is 11.4. The van der Waals surface area contributed by atoms with Gasteiger partial charge in [-0.25, -0.2) is 4.68 Å². The molecule has 0 N–H and O–H groups in total. The number of hydrogen-bond donors (Lipinski definition) is 0. The van der Waals surface area contributed by atoms with Gasteiger partial charge in [-0.05, 0) is 44.1 Å². The molecular weight excluding hydrogens is 420 g/mol. The van der Waals surface area contributed by atoms with Crippen molar-refractivity contribution >= 4 is 17.8 Å². The van der Waals surface area contributed by atoms with Crippen LogP contribution in [0.4, 0.5) is 0 Å². The Balaban J connectivity index is 1.38. The molecule has 2 aromatic rings. The largest absolute Gasteiger partial charge is 0.469 e. The number of imide groups is 1. The summed E-state index contributed by atoms with van der Waals surface area (Å²) >= 11 is 0. The monoisotopic (exact) mass is 448 g/mol. The second kappa shape index (κ2) is 7.93. The van der Waals surface area contributed by atoms with Crippen LogP contribution in [-0.2, 0) is 25.7 Å². The molecule has 5 atom stereocenters. The molecule has 1 saturated carbocycles. The predicted octanol–water partition coefficient (Wildman–Crippen LogP) is 2.76. The fraction of sp³-hybridized carbons (Fsp3) is 0.480. The van der Waals surface area contributed by atoms with Crippen LogP contribution in [0.3, 0.4) is 0 Å². The molecule has 2 amide bonds. The molecule has 2 aliphatic carbocycles. The van der Waals surface area contributed by atoms with E-state index in [9.17, 15) is 14.4 Å². The van der Waals surface area contributed by atoms with E-state index in [-0.39, 0.29) is 54.0 Å². The van der Waals surface area contributed by atoms with Gasteiger partial charge in [0.1, 0.15) is 5.69 Å². The van der Waals surface area contributed by atoms with Crippen molar-refractivity contribution in [1.29, 1.82) is 0 Å². The number of carbonyl (C=O) groups is 3. The van der Waals surface area contributed by atoms with Crippen LogP contribution in [0.2, 0.25) is 0 Å². The van der Waals surface area contributed by atoms with Gasteiger partial charge in [-0.15, -0.1) is 5.10 Å². The Morgan fingerprint density at radius 3 is 2.36 bits per heavy atom. The third-order valence-corrected chi connectivity index (χ3v) is 7.38. The summed E-state index contributed by atoms with van der Waals surface area (Å²) in [5, 5.41) is 8.59. The molecule has 8 nitrogen and oxygen atoms in total. The molecule has 172 valence electrons. The lowest BCUT2D eigenvalue weighted by Crippen LogP contribution is -2.32. The van der Waals surface area contributed by atoms with Crippen LogP contribution in [0.1, 0.15) is 44.0 Å². The number of ether oxygens (including phenoxy) is 1. The number of likely N-dealkylation sites (tertiary alicyclic amines) is 1. The number of fused-ring (bicyclic) bond motifs is 5. The Morgan fingerprint density at radius 1 is 1.12 bits per heavy atom. The first-order chi connectivity index (χ1) is 15.8. The second-order valence-electron chi connectivity index (χ2n) is 9.96. The lowest BCUT2D eigenvalue weighted by atomic mass is 9.83. The summed E-state index contributed by atoms with van der Waals surface area (Å²) in [5.41, 5.74) is 0.789. The molecule has 2 bridgehead atoms. The minimum atomic E-state index is -0.744. The molecule has 5 rings (SSSR count). The quantitative estimate of drug-likeness (QED) is 0.367. The van der Waals surface area contributed by atoms with Crippen molar-refractivity contribution in [1.82, 2.24) is 19.9 Å². The summed E-state index contributed by atoms with van der Waals surface area (Å²) in [7, 11) is 1.39. The Bertz CT molecular complexity index is 1090. The van der Waals surface area contributed by atoms with Gasteiger partial charge in [-0.1, -0.05) is 47.7 Å². The lowest BCUT2D eigenvalue weighted by molar-refractivity contribution is -0.151. The summed E-state index contributed by atoms with van der Waals surface area (Å²) in [4.78, 5) is 39.7. The van der Waals surface area contributed by atoms with Gasteiger partial charge in [0.25, 0.3) is 0 Å². The highest BCUT2D eigenvalue weighted by Gasteiger charge is 2.59. The van der Waals surface area contributed by atoms with E-state index in [0.717, 1.165) is 12.0 Å². The summed E-state index contributed by atoms with van der Waals surface area (Å²) < 4.78 is 6.71. The number of carbonyl (C=O) groups excluding carboxylic acids is 3. The zero-order valence-corrected chi connectivity index (χ0v) is 19.0. The minimum absolute atomic E-state index is 0.0946. The van der Waals surface area contributed by atoms with Gasteiger partial charge in [-0.3, -0.25) is 19.3 Å². The zero-order chi connectivity index (χ0) is 23.3. The maximum Gasteiger partial charge on any atom is 0.311 e. The van der Waals surface area contributed by atoms with Crippen molar-refractivity contribution in [3.05, 3.63) is 59.9 Å². The van der Waals surface area contributed by atoms with Gasteiger partial charge in [0.15, 0.2) is 0 Å².